The highest BCUT2D eigenvalue weighted by molar-refractivity contribution is 6.02. The standard InChI is InChI=1S/C37H47N5O7/c1-23(2)42(24(3)4)37(45)27-14-17-31(33(21-27)46-6)48-19-11-10-18-47-28-15-16-29-32(22-28)49-41-34(29)40-35(43)25(5)39-36(44)30(38)20-26-12-8-7-9-13-26/h7-9,12-17,21-25,30H,10-11,18-20,38H2,1-6H3,(H,39,44)(H,40,41,43). The minimum Gasteiger partial charge on any atom is -0.493 e. The molecule has 4 rings (SSSR count). The maximum Gasteiger partial charge on any atom is 0.254 e. The molecule has 3 aromatic carbocycles. The number of unbranched alkanes of at least 4 members (excludes halogenated alkanes) is 1. The van der Waals surface area contributed by atoms with E-state index in [1.165, 1.54) is 0 Å². The molecule has 262 valence electrons. The smallest absolute Gasteiger partial charge is 0.254 e. The number of aromatic nitrogens is 1. The molecule has 1 aromatic heterocycles. The lowest BCUT2D eigenvalue weighted by Gasteiger charge is -2.31. The van der Waals surface area contributed by atoms with Gasteiger partial charge in [-0.15, -0.1) is 0 Å². The van der Waals surface area contributed by atoms with Gasteiger partial charge in [0, 0.05) is 23.7 Å². The molecule has 2 unspecified atom stereocenters. The minimum atomic E-state index is -0.845. The Morgan fingerprint density at radius 1 is 0.857 bits per heavy atom. The lowest BCUT2D eigenvalue weighted by molar-refractivity contribution is -0.127. The Bertz CT molecular complexity index is 1700. The van der Waals surface area contributed by atoms with Crippen LogP contribution in [0, 0.1) is 0 Å². The van der Waals surface area contributed by atoms with Gasteiger partial charge in [0.1, 0.15) is 11.8 Å². The van der Waals surface area contributed by atoms with E-state index in [0.717, 1.165) is 18.4 Å². The first-order chi connectivity index (χ1) is 23.5. The monoisotopic (exact) mass is 673 g/mol. The molecular weight excluding hydrogens is 626 g/mol. The normalized spacial score (nSPS) is 12.4. The second kappa shape index (κ2) is 17.3. The molecule has 1 heterocycles. The highest BCUT2D eigenvalue weighted by Crippen LogP contribution is 2.30. The van der Waals surface area contributed by atoms with Crippen LogP contribution in [-0.2, 0) is 16.0 Å². The topological polar surface area (TPSA) is 158 Å². The zero-order valence-corrected chi connectivity index (χ0v) is 29.0. The van der Waals surface area contributed by atoms with Crippen molar-refractivity contribution in [1.29, 1.82) is 0 Å². The SMILES string of the molecule is COc1cc(C(=O)N(C(C)C)C(C)C)ccc1OCCCCOc1ccc2c(NC(=O)C(C)NC(=O)C(N)Cc3ccccc3)noc2c1. The number of benzene rings is 3. The molecule has 0 saturated heterocycles. The van der Waals surface area contributed by atoms with Crippen LogP contribution in [-0.4, -0.2) is 72.3 Å². The molecule has 0 aliphatic heterocycles. The largest absolute Gasteiger partial charge is 0.493 e. The van der Waals surface area contributed by atoms with Crippen LogP contribution in [0.2, 0.25) is 0 Å². The Morgan fingerprint density at radius 2 is 1.55 bits per heavy atom. The summed E-state index contributed by atoms with van der Waals surface area (Å²) < 4.78 is 22.8. The zero-order valence-electron chi connectivity index (χ0n) is 29.0. The molecule has 12 nitrogen and oxygen atoms in total. The third kappa shape index (κ3) is 9.96. The molecular formula is C37H47N5O7. The van der Waals surface area contributed by atoms with E-state index in [0.29, 0.717) is 53.4 Å². The molecule has 0 aliphatic carbocycles. The van der Waals surface area contributed by atoms with Crippen molar-refractivity contribution in [2.45, 2.75) is 78.0 Å². The van der Waals surface area contributed by atoms with Gasteiger partial charge in [0.05, 0.1) is 31.8 Å². The molecule has 3 amide bonds. The summed E-state index contributed by atoms with van der Waals surface area (Å²) in [6.45, 7) is 10.5. The fourth-order valence-electron chi connectivity index (χ4n) is 5.38. The Morgan fingerprint density at radius 3 is 2.22 bits per heavy atom. The number of anilines is 1. The Kier molecular flexibility index (Phi) is 13.0. The van der Waals surface area contributed by atoms with Gasteiger partial charge >= 0.3 is 0 Å². The number of hydrogen-bond donors (Lipinski definition) is 3. The number of rotatable bonds is 17. The van der Waals surface area contributed by atoms with Crippen molar-refractivity contribution >= 4 is 34.5 Å². The molecule has 49 heavy (non-hydrogen) atoms. The van der Waals surface area contributed by atoms with E-state index in [1.807, 2.05) is 62.9 Å². The van der Waals surface area contributed by atoms with E-state index >= 15 is 0 Å². The predicted molar refractivity (Wildman–Crippen MR) is 188 cm³/mol. The molecule has 4 N–H and O–H groups in total. The number of fused-ring (bicyclic) bond motifs is 1. The van der Waals surface area contributed by atoms with E-state index in [-0.39, 0.29) is 23.8 Å². The van der Waals surface area contributed by atoms with Gasteiger partial charge in [-0.05, 0) is 89.8 Å². The summed E-state index contributed by atoms with van der Waals surface area (Å²) in [5.74, 6) is 0.983. The average Bonchev–Trinajstić information content (AvgIpc) is 3.47. The highest BCUT2D eigenvalue weighted by atomic mass is 16.5. The molecule has 12 heteroatoms. The summed E-state index contributed by atoms with van der Waals surface area (Å²) >= 11 is 0. The van der Waals surface area contributed by atoms with Crippen molar-refractivity contribution in [1.82, 2.24) is 15.4 Å². The number of nitrogens with zero attached hydrogens (tertiary/aromatic N) is 2. The Labute approximate surface area is 287 Å². The third-order valence-corrected chi connectivity index (χ3v) is 7.90. The first kappa shape index (κ1) is 36.7. The first-order valence-corrected chi connectivity index (χ1v) is 16.5. The number of nitrogens with two attached hydrogens (primary N) is 1. The summed E-state index contributed by atoms with van der Waals surface area (Å²) in [6.07, 6.45) is 1.81. The van der Waals surface area contributed by atoms with Gasteiger partial charge in [0.2, 0.25) is 11.8 Å². The maximum absolute atomic E-state index is 13.1. The van der Waals surface area contributed by atoms with Gasteiger partial charge in [-0.2, -0.15) is 0 Å². The average molecular weight is 674 g/mol. The summed E-state index contributed by atoms with van der Waals surface area (Å²) in [6, 6.07) is 18.4. The van der Waals surface area contributed by atoms with Gasteiger partial charge in [-0.1, -0.05) is 35.5 Å². The lowest BCUT2D eigenvalue weighted by Crippen LogP contribution is -2.49. The molecule has 4 aromatic rings. The number of carbonyl (C=O) groups is 3. The Hall–Kier alpha value is -5.10. The molecule has 0 radical (unpaired) electrons. The fraction of sp³-hybridized carbons (Fsp3) is 0.405. The molecule has 0 bridgehead atoms. The van der Waals surface area contributed by atoms with Gasteiger partial charge in [-0.3, -0.25) is 14.4 Å². The van der Waals surface area contributed by atoms with Crippen molar-refractivity contribution in [3.8, 4) is 17.2 Å². The fourth-order valence-corrected chi connectivity index (χ4v) is 5.38. The van der Waals surface area contributed by atoms with Crippen molar-refractivity contribution in [3.05, 3.63) is 77.9 Å². The minimum absolute atomic E-state index is 0.0487. The second-order valence-electron chi connectivity index (χ2n) is 12.4. The van der Waals surface area contributed by atoms with Gasteiger partial charge in [0.15, 0.2) is 22.9 Å². The zero-order chi connectivity index (χ0) is 35.5. The maximum atomic E-state index is 13.1. The lowest BCUT2D eigenvalue weighted by atomic mass is 10.1. The summed E-state index contributed by atoms with van der Waals surface area (Å²) in [5, 5.41) is 9.94. The third-order valence-electron chi connectivity index (χ3n) is 7.90. The van der Waals surface area contributed by atoms with Gasteiger partial charge in [-0.25, -0.2) is 0 Å². The number of methoxy groups -OCH3 is 1. The summed E-state index contributed by atoms with van der Waals surface area (Å²) in [5.41, 5.74) is 7.97. The number of hydrogen-bond acceptors (Lipinski definition) is 9. The van der Waals surface area contributed by atoms with E-state index in [4.69, 9.17) is 24.5 Å². The van der Waals surface area contributed by atoms with Crippen LogP contribution < -0.4 is 30.6 Å². The van der Waals surface area contributed by atoms with Crippen LogP contribution in [0.4, 0.5) is 5.82 Å². The van der Waals surface area contributed by atoms with E-state index < -0.39 is 23.9 Å². The number of amides is 3. The van der Waals surface area contributed by atoms with Crippen molar-refractivity contribution in [2.24, 2.45) is 5.73 Å². The van der Waals surface area contributed by atoms with Crippen molar-refractivity contribution in [2.75, 3.05) is 25.6 Å². The van der Waals surface area contributed by atoms with Crippen LogP contribution in [0.25, 0.3) is 11.0 Å². The molecule has 0 aliphatic rings. The number of nitrogens with one attached hydrogen (secondary N) is 2. The van der Waals surface area contributed by atoms with Crippen LogP contribution in [0.3, 0.4) is 0 Å². The number of carbonyl (C=O) groups excluding carboxylic acids is 3. The molecule has 0 spiro atoms. The second-order valence-corrected chi connectivity index (χ2v) is 12.4. The van der Waals surface area contributed by atoms with Crippen molar-refractivity contribution in [3.63, 3.8) is 0 Å². The summed E-state index contributed by atoms with van der Waals surface area (Å²) in [4.78, 5) is 40.2. The van der Waals surface area contributed by atoms with E-state index in [1.54, 1.807) is 50.4 Å². The molecule has 0 fully saturated rings. The van der Waals surface area contributed by atoms with Crippen LogP contribution in [0.5, 0.6) is 17.2 Å². The van der Waals surface area contributed by atoms with Crippen LogP contribution in [0.1, 0.15) is 63.4 Å². The quantitative estimate of drug-likeness (QED) is 0.126. The summed E-state index contributed by atoms with van der Waals surface area (Å²) in [7, 11) is 1.56. The first-order valence-electron chi connectivity index (χ1n) is 16.5. The van der Waals surface area contributed by atoms with Crippen molar-refractivity contribution < 1.29 is 33.1 Å². The number of ether oxygens (including phenoxy) is 3. The highest BCUT2D eigenvalue weighted by Gasteiger charge is 2.24. The van der Waals surface area contributed by atoms with E-state index in [9.17, 15) is 14.4 Å². The van der Waals surface area contributed by atoms with Gasteiger partial charge < -0.3 is 40.0 Å². The molecule has 0 saturated carbocycles. The van der Waals surface area contributed by atoms with Crippen LogP contribution >= 0.6 is 0 Å². The predicted octanol–water partition coefficient (Wildman–Crippen LogP) is 5.35. The molecule has 2 atom stereocenters. The Balaban J connectivity index is 1.21. The van der Waals surface area contributed by atoms with Gasteiger partial charge in [0.25, 0.3) is 5.91 Å². The van der Waals surface area contributed by atoms with E-state index in [2.05, 4.69) is 15.8 Å². The van der Waals surface area contributed by atoms with Crippen LogP contribution in [0.15, 0.2) is 71.3 Å².